The SMILES string of the molecule is CC/C=C\C/C=C\C/C=C\C/C=C\CCC(=O)OCC(COC(=O)CCCCCCCCCCCCCCCCCCCCCCCCCC)OC(=O)CCCCCCC/C=C\C/C=C\C/C=C\CC. The third-order valence-corrected chi connectivity index (χ3v) is 12.7. The average molecular weight is 976 g/mol. The second kappa shape index (κ2) is 58.2. The molecule has 0 radical (unpaired) electrons. The fourth-order valence-electron chi connectivity index (χ4n) is 8.30. The molecule has 1 atom stereocenters. The van der Waals surface area contributed by atoms with Crippen LogP contribution in [0.2, 0.25) is 0 Å². The van der Waals surface area contributed by atoms with Gasteiger partial charge >= 0.3 is 17.9 Å². The molecule has 0 fully saturated rings. The molecule has 0 spiro atoms. The first-order valence-corrected chi connectivity index (χ1v) is 29.6. The van der Waals surface area contributed by atoms with Gasteiger partial charge in [0.1, 0.15) is 13.2 Å². The second-order valence-electron chi connectivity index (χ2n) is 19.5. The van der Waals surface area contributed by atoms with Gasteiger partial charge in [0, 0.05) is 19.3 Å². The van der Waals surface area contributed by atoms with Gasteiger partial charge in [0.05, 0.1) is 0 Å². The Morgan fingerprint density at radius 2 is 0.586 bits per heavy atom. The number of carbonyl (C=O) groups excluding carboxylic acids is 3. The lowest BCUT2D eigenvalue weighted by molar-refractivity contribution is -0.166. The topological polar surface area (TPSA) is 78.9 Å². The van der Waals surface area contributed by atoms with Crippen LogP contribution in [0.4, 0.5) is 0 Å². The molecule has 0 aromatic carbocycles. The van der Waals surface area contributed by atoms with Crippen molar-refractivity contribution < 1.29 is 28.6 Å². The Balaban J connectivity index is 4.32. The molecule has 0 bridgehead atoms. The van der Waals surface area contributed by atoms with Crippen molar-refractivity contribution in [1.82, 2.24) is 0 Å². The van der Waals surface area contributed by atoms with Gasteiger partial charge in [-0.15, -0.1) is 0 Å². The number of allylic oxidation sites excluding steroid dienone is 14. The van der Waals surface area contributed by atoms with Crippen LogP contribution in [0, 0.1) is 0 Å². The van der Waals surface area contributed by atoms with Crippen LogP contribution in [0.5, 0.6) is 0 Å². The van der Waals surface area contributed by atoms with Gasteiger partial charge in [0.2, 0.25) is 0 Å². The van der Waals surface area contributed by atoms with Crippen molar-refractivity contribution in [2.24, 2.45) is 0 Å². The van der Waals surface area contributed by atoms with E-state index in [0.717, 1.165) is 103 Å². The summed E-state index contributed by atoms with van der Waals surface area (Å²) in [4.78, 5) is 38.1. The molecule has 0 aromatic rings. The number of hydrogen-bond donors (Lipinski definition) is 0. The maximum absolute atomic E-state index is 12.8. The lowest BCUT2D eigenvalue weighted by atomic mass is 10.0. The average Bonchev–Trinajstić information content (AvgIpc) is 3.36. The van der Waals surface area contributed by atoms with E-state index in [9.17, 15) is 14.4 Å². The summed E-state index contributed by atoms with van der Waals surface area (Å²) in [6.07, 6.45) is 76.1. The number of carbonyl (C=O) groups is 3. The molecule has 0 saturated heterocycles. The molecule has 0 aliphatic rings. The molecule has 0 saturated carbocycles. The molecule has 0 heterocycles. The highest BCUT2D eigenvalue weighted by atomic mass is 16.6. The van der Waals surface area contributed by atoms with Gasteiger partial charge in [0.15, 0.2) is 6.10 Å². The number of ether oxygens (including phenoxy) is 3. The van der Waals surface area contributed by atoms with Gasteiger partial charge in [-0.25, -0.2) is 0 Å². The lowest BCUT2D eigenvalue weighted by Gasteiger charge is -2.18. The maximum atomic E-state index is 12.8. The predicted octanol–water partition coefficient (Wildman–Crippen LogP) is 19.9. The Bertz CT molecular complexity index is 1350. The maximum Gasteiger partial charge on any atom is 0.306 e. The van der Waals surface area contributed by atoms with Crippen molar-refractivity contribution in [2.45, 2.75) is 290 Å². The molecule has 0 N–H and O–H groups in total. The summed E-state index contributed by atoms with van der Waals surface area (Å²) in [6, 6.07) is 0. The Morgan fingerprint density at radius 3 is 0.957 bits per heavy atom. The predicted molar refractivity (Wildman–Crippen MR) is 302 cm³/mol. The van der Waals surface area contributed by atoms with E-state index in [1.54, 1.807) is 0 Å². The highest BCUT2D eigenvalue weighted by Gasteiger charge is 2.19. The molecule has 70 heavy (non-hydrogen) atoms. The third kappa shape index (κ3) is 55.5. The molecule has 6 nitrogen and oxygen atoms in total. The number of unbranched alkanes of at least 4 members (excludes halogenated alkanes) is 28. The normalized spacial score (nSPS) is 12.7. The molecule has 0 rings (SSSR count). The van der Waals surface area contributed by atoms with Gasteiger partial charge in [-0.3, -0.25) is 14.4 Å². The zero-order valence-corrected chi connectivity index (χ0v) is 46.0. The van der Waals surface area contributed by atoms with Gasteiger partial charge in [-0.1, -0.05) is 273 Å². The molecule has 402 valence electrons. The Labute approximate surface area is 433 Å². The van der Waals surface area contributed by atoms with Crippen LogP contribution in [-0.2, 0) is 28.6 Å². The summed E-state index contributed by atoms with van der Waals surface area (Å²) in [7, 11) is 0. The number of esters is 3. The summed E-state index contributed by atoms with van der Waals surface area (Å²) in [5.74, 6) is -0.999. The van der Waals surface area contributed by atoms with Crippen LogP contribution in [0.15, 0.2) is 85.1 Å². The fraction of sp³-hybridized carbons (Fsp3) is 0.734. The van der Waals surface area contributed by atoms with Crippen LogP contribution in [0.25, 0.3) is 0 Å². The Hall–Kier alpha value is -3.41. The van der Waals surface area contributed by atoms with Crippen LogP contribution in [-0.4, -0.2) is 37.2 Å². The van der Waals surface area contributed by atoms with Crippen LogP contribution < -0.4 is 0 Å². The van der Waals surface area contributed by atoms with Crippen LogP contribution in [0.1, 0.15) is 284 Å². The minimum absolute atomic E-state index is 0.104. The van der Waals surface area contributed by atoms with E-state index >= 15 is 0 Å². The summed E-state index contributed by atoms with van der Waals surface area (Å²) < 4.78 is 16.8. The standard InChI is InChI=1S/C64H110O6/c1-4-7-10-13-16-19-22-25-27-28-29-30-31-32-33-34-35-37-39-42-45-48-51-54-57-63(66)69-60-61(59-68-62(65)56-53-50-47-44-41-38-24-21-18-15-12-9-6-3)70-64(67)58-55-52-49-46-43-40-36-26-23-20-17-14-11-8-5-2/h8-9,11-12,17-18,20-21,26,36,38,41,47,50,61H,4-7,10,13-16,19,22-25,27-35,37,39-40,42-46,48-49,51-60H2,1-3H3/b11-8-,12-9-,20-17-,21-18-,36-26-,41-38-,50-47-. The summed E-state index contributed by atoms with van der Waals surface area (Å²) in [6.45, 7) is 6.36. The summed E-state index contributed by atoms with van der Waals surface area (Å²) in [5.41, 5.74) is 0. The van der Waals surface area contributed by atoms with E-state index in [1.165, 1.54) is 135 Å². The van der Waals surface area contributed by atoms with Crippen molar-refractivity contribution in [3.05, 3.63) is 85.1 Å². The van der Waals surface area contributed by atoms with E-state index in [4.69, 9.17) is 14.2 Å². The van der Waals surface area contributed by atoms with Crippen molar-refractivity contribution in [3.63, 3.8) is 0 Å². The molecule has 6 heteroatoms. The minimum atomic E-state index is -0.813. The summed E-state index contributed by atoms with van der Waals surface area (Å²) in [5, 5.41) is 0. The first kappa shape index (κ1) is 66.6. The minimum Gasteiger partial charge on any atom is -0.462 e. The lowest BCUT2D eigenvalue weighted by Crippen LogP contribution is -2.30. The second-order valence-corrected chi connectivity index (χ2v) is 19.5. The monoisotopic (exact) mass is 975 g/mol. The van der Waals surface area contributed by atoms with Crippen molar-refractivity contribution in [2.75, 3.05) is 13.2 Å². The van der Waals surface area contributed by atoms with Crippen LogP contribution >= 0.6 is 0 Å². The first-order valence-electron chi connectivity index (χ1n) is 29.6. The molecule has 0 aliphatic carbocycles. The Kier molecular flexibility index (Phi) is 55.3. The zero-order chi connectivity index (χ0) is 50.7. The first-order chi connectivity index (χ1) is 34.5. The quantitative estimate of drug-likeness (QED) is 0.0261. The van der Waals surface area contributed by atoms with Gasteiger partial charge in [0.25, 0.3) is 0 Å². The van der Waals surface area contributed by atoms with E-state index in [2.05, 4.69) is 99.8 Å². The van der Waals surface area contributed by atoms with Gasteiger partial charge in [-0.2, -0.15) is 0 Å². The van der Waals surface area contributed by atoms with Crippen molar-refractivity contribution >= 4 is 17.9 Å². The van der Waals surface area contributed by atoms with E-state index < -0.39 is 6.10 Å². The fourth-order valence-corrected chi connectivity index (χ4v) is 8.30. The molecular weight excluding hydrogens is 865 g/mol. The highest BCUT2D eigenvalue weighted by Crippen LogP contribution is 2.17. The van der Waals surface area contributed by atoms with E-state index in [1.807, 2.05) is 6.08 Å². The van der Waals surface area contributed by atoms with Crippen molar-refractivity contribution in [3.8, 4) is 0 Å². The largest absolute Gasteiger partial charge is 0.462 e. The third-order valence-electron chi connectivity index (χ3n) is 12.7. The number of hydrogen-bond acceptors (Lipinski definition) is 6. The number of rotatable bonds is 53. The van der Waals surface area contributed by atoms with Gasteiger partial charge in [-0.05, 0) is 77.0 Å². The van der Waals surface area contributed by atoms with Gasteiger partial charge < -0.3 is 14.2 Å². The molecule has 0 amide bonds. The summed E-state index contributed by atoms with van der Waals surface area (Å²) >= 11 is 0. The molecule has 0 aliphatic heterocycles. The molecule has 1 unspecified atom stereocenters. The van der Waals surface area contributed by atoms with E-state index in [-0.39, 0.29) is 37.5 Å². The van der Waals surface area contributed by atoms with Crippen molar-refractivity contribution in [1.29, 1.82) is 0 Å². The molecule has 0 aromatic heterocycles. The Morgan fingerprint density at radius 1 is 0.300 bits per heavy atom. The smallest absolute Gasteiger partial charge is 0.306 e. The van der Waals surface area contributed by atoms with E-state index in [0.29, 0.717) is 19.3 Å². The highest BCUT2D eigenvalue weighted by molar-refractivity contribution is 5.71. The van der Waals surface area contributed by atoms with Crippen LogP contribution in [0.3, 0.4) is 0 Å². The zero-order valence-electron chi connectivity index (χ0n) is 46.0. The molecular formula is C64H110O6.